The number of thioether (sulfide) groups is 1. The Labute approximate surface area is 147 Å². The number of thiophene rings is 1. The van der Waals surface area contributed by atoms with Gasteiger partial charge >= 0.3 is 0 Å². The first-order valence-corrected chi connectivity index (χ1v) is 9.47. The largest absolute Gasteiger partial charge is 0.381 e. The van der Waals surface area contributed by atoms with E-state index < -0.39 is 12.0 Å². The van der Waals surface area contributed by atoms with Gasteiger partial charge in [0.05, 0.1) is 9.90 Å². The first kappa shape index (κ1) is 15.4. The number of carbonyl (C=O) groups excluding carboxylic acids is 2. The number of hydrogen-bond donors (Lipinski definition) is 0. The van der Waals surface area contributed by atoms with E-state index in [0.29, 0.717) is 11.4 Å². The van der Waals surface area contributed by atoms with Gasteiger partial charge in [0.1, 0.15) is 11.6 Å². The summed E-state index contributed by atoms with van der Waals surface area (Å²) < 4.78 is 1.08. The molecule has 2 atom stereocenters. The maximum Gasteiger partial charge on any atom is 0.278 e. The number of fused-ring (bicyclic) bond motifs is 1. The molecule has 7 heteroatoms. The summed E-state index contributed by atoms with van der Waals surface area (Å²) in [5.74, 6) is -1.30. The zero-order valence-corrected chi connectivity index (χ0v) is 14.7. The quantitative estimate of drug-likeness (QED) is 0.625. The Morgan fingerprint density at radius 3 is 2.67 bits per heavy atom. The number of oxime groups is 1. The van der Waals surface area contributed by atoms with Gasteiger partial charge in [0, 0.05) is 10.4 Å². The molecule has 1 aromatic heterocycles. The fraction of sp³-hybridized carbons (Fsp3) is 0.235. The van der Waals surface area contributed by atoms with Crippen molar-refractivity contribution >= 4 is 46.3 Å². The summed E-state index contributed by atoms with van der Waals surface area (Å²) in [7, 11) is 0. The van der Waals surface area contributed by atoms with Gasteiger partial charge in [-0.25, -0.2) is 4.90 Å². The highest BCUT2D eigenvalue weighted by Crippen LogP contribution is 2.39. The molecule has 0 radical (unpaired) electrons. The van der Waals surface area contributed by atoms with Gasteiger partial charge in [0.25, 0.3) is 5.91 Å². The molecule has 3 heterocycles. The molecule has 1 saturated heterocycles. The molecular weight excluding hydrogens is 344 g/mol. The van der Waals surface area contributed by atoms with Crippen molar-refractivity contribution in [1.29, 1.82) is 0 Å². The predicted molar refractivity (Wildman–Crippen MR) is 94.7 cm³/mol. The number of para-hydroxylation sites is 1. The first-order valence-electron chi connectivity index (χ1n) is 7.43. The van der Waals surface area contributed by atoms with Gasteiger partial charge in [-0.15, -0.1) is 23.1 Å². The number of nitrogens with zero attached hydrogens (tertiary/aromatic N) is 2. The van der Waals surface area contributed by atoms with Crippen molar-refractivity contribution < 1.29 is 14.4 Å². The summed E-state index contributed by atoms with van der Waals surface area (Å²) in [5, 5.41) is 4.08. The molecule has 2 aliphatic rings. The molecule has 4 rings (SSSR count). The highest BCUT2D eigenvalue weighted by Gasteiger charge is 2.56. The molecule has 1 aromatic carbocycles. The van der Waals surface area contributed by atoms with Gasteiger partial charge in [-0.2, -0.15) is 0 Å². The van der Waals surface area contributed by atoms with Gasteiger partial charge < -0.3 is 4.84 Å². The van der Waals surface area contributed by atoms with Crippen LogP contribution in [-0.2, 0) is 14.4 Å². The predicted octanol–water partition coefficient (Wildman–Crippen LogP) is 3.07. The Hall–Kier alpha value is -2.12. The van der Waals surface area contributed by atoms with Gasteiger partial charge in [0.2, 0.25) is 12.0 Å². The summed E-state index contributed by atoms with van der Waals surface area (Å²) in [5.41, 5.74) is 2.02. The number of carbonyl (C=O) groups is 2. The summed E-state index contributed by atoms with van der Waals surface area (Å²) in [6.45, 7) is 2.01. The third kappa shape index (κ3) is 2.19. The Morgan fingerprint density at radius 2 is 1.96 bits per heavy atom. The van der Waals surface area contributed by atoms with Crippen LogP contribution in [0.5, 0.6) is 0 Å². The number of benzene rings is 1. The number of anilines is 1. The van der Waals surface area contributed by atoms with Crippen molar-refractivity contribution in [3.8, 4) is 0 Å². The average molecular weight is 358 g/mol. The minimum Gasteiger partial charge on any atom is -0.381 e. The van der Waals surface area contributed by atoms with Crippen LogP contribution >= 0.6 is 23.1 Å². The lowest BCUT2D eigenvalue weighted by Gasteiger charge is -2.15. The first-order chi connectivity index (χ1) is 11.6. The molecule has 0 unspecified atom stereocenters. The lowest BCUT2D eigenvalue weighted by molar-refractivity contribution is -0.126. The molecule has 0 spiro atoms. The highest BCUT2D eigenvalue weighted by atomic mass is 32.2. The standard InChI is InChI=1S/C17H14N2O3S2/c1-9-8-11(17(23-2)24-9)13-12-14(22-18-13)16(21)19(15(12)20)10-6-4-3-5-7-10/h3-8,12,14H,1-2H3/t12-,14+/m0/s1. The van der Waals surface area contributed by atoms with Crippen molar-refractivity contribution in [2.45, 2.75) is 17.2 Å². The molecule has 2 aliphatic heterocycles. The molecule has 5 nitrogen and oxygen atoms in total. The van der Waals surface area contributed by atoms with E-state index in [1.807, 2.05) is 25.3 Å². The minimum atomic E-state index is -0.859. The number of aryl methyl sites for hydroxylation is 1. The van der Waals surface area contributed by atoms with Crippen LogP contribution in [0.15, 0.2) is 45.8 Å². The fourth-order valence-corrected chi connectivity index (χ4v) is 4.91. The Bertz CT molecular complexity index is 860. The van der Waals surface area contributed by atoms with E-state index in [4.69, 9.17) is 4.84 Å². The Kier molecular flexibility index (Phi) is 3.69. The molecule has 122 valence electrons. The summed E-state index contributed by atoms with van der Waals surface area (Å²) in [6.07, 6.45) is 1.13. The van der Waals surface area contributed by atoms with E-state index in [0.717, 1.165) is 14.6 Å². The Morgan fingerprint density at radius 1 is 1.21 bits per heavy atom. The normalized spacial score (nSPS) is 22.6. The Balaban J connectivity index is 1.73. The van der Waals surface area contributed by atoms with Crippen LogP contribution in [0.3, 0.4) is 0 Å². The van der Waals surface area contributed by atoms with Crippen LogP contribution in [0.2, 0.25) is 0 Å². The zero-order valence-electron chi connectivity index (χ0n) is 13.1. The maximum absolute atomic E-state index is 12.9. The second-order valence-electron chi connectivity index (χ2n) is 5.59. The lowest BCUT2D eigenvalue weighted by Crippen LogP contribution is -2.33. The molecule has 0 saturated carbocycles. The van der Waals surface area contributed by atoms with E-state index in [9.17, 15) is 9.59 Å². The van der Waals surface area contributed by atoms with Crippen molar-refractivity contribution in [1.82, 2.24) is 0 Å². The third-order valence-electron chi connectivity index (χ3n) is 4.11. The molecule has 24 heavy (non-hydrogen) atoms. The van der Waals surface area contributed by atoms with Crippen molar-refractivity contribution in [2.24, 2.45) is 11.1 Å². The van der Waals surface area contributed by atoms with Crippen LogP contribution < -0.4 is 4.90 Å². The second kappa shape index (κ2) is 5.75. The van der Waals surface area contributed by atoms with Crippen LogP contribution in [0.4, 0.5) is 5.69 Å². The number of rotatable bonds is 3. The van der Waals surface area contributed by atoms with Crippen LogP contribution in [0.1, 0.15) is 10.4 Å². The second-order valence-corrected chi connectivity index (χ2v) is 7.92. The van der Waals surface area contributed by atoms with Crippen molar-refractivity contribution in [3.05, 3.63) is 46.8 Å². The molecule has 0 aliphatic carbocycles. The van der Waals surface area contributed by atoms with Gasteiger partial charge in [-0.3, -0.25) is 9.59 Å². The fourth-order valence-electron chi connectivity index (χ4n) is 3.05. The maximum atomic E-state index is 12.9. The van der Waals surface area contributed by atoms with Crippen LogP contribution in [-0.4, -0.2) is 29.9 Å². The molecule has 0 bridgehead atoms. The molecule has 1 fully saturated rings. The summed E-state index contributed by atoms with van der Waals surface area (Å²) in [4.78, 5) is 33.3. The van der Waals surface area contributed by atoms with E-state index in [1.54, 1.807) is 47.4 Å². The minimum absolute atomic E-state index is 0.275. The molecule has 2 aromatic rings. The van der Waals surface area contributed by atoms with Crippen LogP contribution in [0.25, 0.3) is 0 Å². The summed E-state index contributed by atoms with van der Waals surface area (Å²) >= 11 is 3.26. The highest BCUT2D eigenvalue weighted by molar-refractivity contribution is 8.00. The third-order valence-corrected chi connectivity index (χ3v) is 6.29. The molecular formula is C17H14N2O3S2. The SMILES string of the molecule is CSc1sc(C)cc1C1=NO[C@H]2C(=O)N(c3ccccc3)C(=O)[C@@H]12. The smallest absolute Gasteiger partial charge is 0.278 e. The van der Waals surface area contributed by atoms with E-state index in [-0.39, 0.29) is 11.8 Å². The monoisotopic (exact) mass is 358 g/mol. The lowest BCUT2D eigenvalue weighted by atomic mass is 9.95. The summed E-state index contributed by atoms with van der Waals surface area (Å²) in [6, 6.07) is 10.9. The van der Waals surface area contributed by atoms with Crippen molar-refractivity contribution in [2.75, 3.05) is 11.2 Å². The molecule has 0 N–H and O–H groups in total. The zero-order chi connectivity index (χ0) is 16.8. The van der Waals surface area contributed by atoms with E-state index >= 15 is 0 Å². The van der Waals surface area contributed by atoms with Crippen LogP contribution in [0, 0.1) is 12.8 Å². The number of amides is 2. The van der Waals surface area contributed by atoms with E-state index in [1.165, 1.54) is 4.90 Å². The van der Waals surface area contributed by atoms with Gasteiger partial charge in [-0.05, 0) is 31.4 Å². The van der Waals surface area contributed by atoms with Gasteiger partial charge in [-0.1, -0.05) is 23.4 Å². The van der Waals surface area contributed by atoms with Gasteiger partial charge in [0.15, 0.2) is 0 Å². The topological polar surface area (TPSA) is 59.0 Å². The van der Waals surface area contributed by atoms with Crippen molar-refractivity contribution in [3.63, 3.8) is 0 Å². The average Bonchev–Trinajstić information content (AvgIpc) is 3.24. The number of hydrogen-bond acceptors (Lipinski definition) is 6. The molecule has 2 amide bonds. The van der Waals surface area contributed by atoms with E-state index in [2.05, 4.69) is 5.16 Å². The number of imide groups is 1.